The summed E-state index contributed by atoms with van der Waals surface area (Å²) < 4.78 is 0.851. The van der Waals surface area contributed by atoms with Crippen LogP contribution in [-0.4, -0.2) is 24.4 Å². The normalized spacial score (nSPS) is 19.5. The third-order valence-electron chi connectivity index (χ3n) is 3.50. The Bertz CT molecular complexity index is 546. The van der Waals surface area contributed by atoms with Crippen molar-refractivity contribution in [2.45, 2.75) is 33.7 Å². The van der Waals surface area contributed by atoms with E-state index >= 15 is 0 Å². The zero-order valence-electron chi connectivity index (χ0n) is 12.2. The van der Waals surface area contributed by atoms with Crippen molar-refractivity contribution in [3.05, 3.63) is 27.7 Å². The number of nitrogens with one attached hydrogen (secondary N) is 1. The molecule has 4 nitrogen and oxygen atoms in total. The van der Waals surface area contributed by atoms with E-state index in [1.165, 1.54) is 0 Å². The van der Waals surface area contributed by atoms with E-state index in [1.54, 1.807) is 4.90 Å². The number of rotatable bonds is 2. The molecule has 0 bridgehead atoms. The van der Waals surface area contributed by atoms with Gasteiger partial charge in [-0.1, -0.05) is 19.9 Å². The molecule has 1 saturated heterocycles. The van der Waals surface area contributed by atoms with Crippen molar-refractivity contribution in [2.75, 3.05) is 11.4 Å². The van der Waals surface area contributed by atoms with Crippen molar-refractivity contribution >= 4 is 33.4 Å². The number of carbonyl (C=O) groups excluding carboxylic acids is 2. The van der Waals surface area contributed by atoms with Gasteiger partial charge in [-0.2, -0.15) is 0 Å². The molecule has 0 aliphatic carbocycles. The van der Waals surface area contributed by atoms with Crippen LogP contribution in [0.4, 0.5) is 5.69 Å². The first-order valence-electron chi connectivity index (χ1n) is 6.69. The Morgan fingerprint density at radius 1 is 1.30 bits per heavy atom. The molecule has 0 saturated carbocycles. The number of piperazine rings is 1. The van der Waals surface area contributed by atoms with E-state index in [0.29, 0.717) is 0 Å². The largest absolute Gasteiger partial charge is 0.345 e. The predicted octanol–water partition coefficient (Wildman–Crippen LogP) is 2.55. The molecule has 1 aromatic carbocycles. The summed E-state index contributed by atoms with van der Waals surface area (Å²) in [5.41, 5.74) is 2.91. The van der Waals surface area contributed by atoms with Crippen LogP contribution in [0.15, 0.2) is 16.6 Å². The van der Waals surface area contributed by atoms with Crippen LogP contribution in [0.1, 0.15) is 25.0 Å². The van der Waals surface area contributed by atoms with Crippen LogP contribution >= 0.6 is 15.9 Å². The van der Waals surface area contributed by atoms with E-state index in [4.69, 9.17) is 0 Å². The van der Waals surface area contributed by atoms with E-state index < -0.39 is 6.04 Å². The molecule has 1 N–H and O–H groups in total. The van der Waals surface area contributed by atoms with Gasteiger partial charge in [-0.3, -0.25) is 14.5 Å². The lowest BCUT2D eigenvalue weighted by molar-refractivity contribution is -0.131. The highest BCUT2D eigenvalue weighted by atomic mass is 79.9. The molecule has 0 spiro atoms. The standard InChI is InChI=1S/C15H19BrN2O2/c1-8(2)13-15(20)17-7-12(19)18(13)14-10(4)5-9(3)6-11(14)16/h5-6,8,13H,7H2,1-4H3,(H,17,20). The maximum atomic E-state index is 12.3. The number of nitrogens with zero attached hydrogens (tertiary/aromatic N) is 1. The summed E-state index contributed by atoms with van der Waals surface area (Å²) >= 11 is 3.53. The predicted molar refractivity (Wildman–Crippen MR) is 82.7 cm³/mol. The molecule has 1 aliphatic rings. The number of carbonyl (C=O) groups is 2. The van der Waals surface area contributed by atoms with E-state index in [9.17, 15) is 9.59 Å². The minimum Gasteiger partial charge on any atom is -0.345 e. The molecule has 5 heteroatoms. The number of hydrogen-bond acceptors (Lipinski definition) is 2. The quantitative estimate of drug-likeness (QED) is 0.900. The molecule has 20 heavy (non-hydrogen) atoms. The second kappa shape index (κ2) is 5.56. The average molecular weight is 339 g/mol. The van der Waals surface area contributed by atoms with Gasteiger partial charge in [-0.15, -0.1) is 0 Å². The monoisotopic (exact) mass is 338 g/mol. The van der Waals surface area contributed by atoms with Crippen LogP contribution < -0.4 is 10.2 Å². The van der Waals surface area contributed by atoms with Crippen molar-refractivity contribution in [1.82, 2.24) is 5.32 Å². The van der Waals surface area contributed by atoms with Crippen molar-refractivity contribution in [3.63, 3.8) is 0 Å². The average Bonchev–Trinajstić information content (AvgIpc) is 2.31. The van der Waals surface area contributed by atoms with Crippen LogP contribution in [0.25, 0.3) is 0 Å². The van der Waals surface area contributed by atoms with Crippen molar-refractivity contribution in [2.24, 2.45) is 5.92 Å². The van der Waals surface area contributed by atoms with E-state index in [0.717, 1.165) is 21.3 Å². The van der Waals surface area contributed by atoms with Gasteiger partial charge in [0.15, 0.2) is 0 Å². The number of anilines is 1. The zero-order valence-corrected chi connectivity index (χ0v) is 13.7. The molecule has 1 heterocycles. The van der Waals surface area contributed by atoms with E-state index in [-0.39, 0.29) is 24.3 Å². The van der Waals surface area contributed by atoms with Crippen molar-refractivity contribution in [3.8, 4) is 0 Å². The number of hydrogen-bond donors (Lipinski definition) is 1. The highest BCUT2D eigenvalue weighted by Gasteiger charge is 2.38. The van der Waals surface area contributed by atoms with Gasteiger partial charge in [-0.05, 0) is 52.9 Å². The van der Waals surface area contributed by atoms with E-state index in [1.807, 2.05) is 39.8 Å². The summed E-state index contributed by atoms with van der Waals surface area (Å²) in [7, 11) is 0. The first-order valence-corrected chi connectivity index (χ1v) is 7.48. The van der Waals surface area contributed by atoms with Crippen LogP contribution in [0.3, 0.4) is 0 Å². The van der Waals surface area contributed by atoms with Crippen LogP contribution in [-0.2, 0) is 9.59 Å². The SMILES string of the molecule is Cc1cc(C)c(N2C(=O)CNC(=O)C2C(C)C)c(Br)c1. The summed E-state index contributed by atoms with van der Waals surface area (Å²) in [4.78, 5) is 26.1. The molecule has 2 rings (SSSR count). The Hall–Kier alpha value is -1.36. The number of benzene rings is 1. The smallest absolute Gasteiger partial charge is 0.247 e. The Morgan fingerprint density at radius 3 is 2.50 bits per heavy atom. The van der Waals surface area contributed by atoms with Gasteiger partial charge < -0.3 is 5.32 Å². The van der Waals surface area contributed by atoms with Gasteiger partial charge in [0.05, 0.1) is 12.2 Å². The molecular formula is C15H19BrN2O2. The van der Waals surface area contributed by atoms with Crippen molar-refractivity contribution < 1.29 is 9.59 Å². The van der Waals surface area contributed by atoms with Crippen LogP contribution in [0.2, 0.25) is 0 Å². The lowest BCUT2D eigenvalue weighted by atomic mass is 9.97. The van der Waals surface area contributed by atoms with Gasteiger partial charge in [0, 0.05) is 4.47 Å². The molecule has 2 amide bonds. The van der Waals surface area contributed by atoms with Gasteiger partial charge >= 0.3 is 0 Å². The maximum absolute atomic E-state index is 12.3. The number of halogens is 1. The van der Waals surface area contributed by atoms with Crippen LogP contribution in [0.5, 0.6) is 0 Å². The fraction of sp³-hybridized carbons (Fsp3) is 0.467. The lowest BCUT2D eigenvalue weighted by Crippen LogP contribution is -2.60. The first-order chi connectivity index (χ1) is 9.32. The molecule has 1 unspecified atom stereocenters. The molecule has 1 aromatic rings. The Morgan fingerprint density at radius 2 is 1.95 bits per heavy atom. The Balaban J connectivity index is 2.57. The summed E-state index contributed by atoms with van der Waals surface area (Å²) in [5, 5.41) is 2.67. The summed E-state index contributed by atoms with van der Waals surface area (Å²) in [6, 6.07) is 3.53. The Kier molecular flexibility index (Phi) is 4.18. The third-order valence-corrected chi connectivity index (χ3v) is 4.10. The van der Waals surface area contributed by atoms with Gasteiger partial charge in [-0.25, -0.2) is 0 Å². The number of amides is 2. The molecule has 0 radical (unpaired) electrons. The fourth-order valence-electron chi connectivity index (χ4n) is 2.70. The van der Waals surface area contributed by atoms with E-state index in [2.05, 4.69) is 21.2 Å². The second-order valence-corrected chi connectivity index (χ2v) is 6.44. The molecule has 1 atom stereocenters. The molecular weight excluding hydrogens is 320 g/mol. The summed E-state index contributed by atoms with van der Waals surface area (Å²) in [5.74, 6) is -0.116. The third kappa shape index (κ3) is 2.59. The fourth-order valence-corrected chi connectivity index (χ4v) is 3.57. The van der Waals surface area contributed by atoms with Crippen molar-refractivity contribution in [1.29, 1.82) is 0 Å². The van der Waals surface area contributed by atoms with Gasteiger partial charge in [0.2, 0.25) is 11.8 Å². The highest BCUT2D eigenvalue weighted by molar-refractivity contribution is 9.10. The highest BCUT2D eigenvalue weighted by Crippen LogP contribution is 2.35. The van der Waals surface area contributed by atoms with Crippen LogP contribution in [0, 0.1) is 19.8 Å². The van der Waals surface area contributed by atoms with Gasteiger partial charge in [0.1, 0.15) is 6.04 Å². The molecule has 108 valence electrons. The topological polar surface area (TPSA) is 49.4 Å². The van der Waals surface area contributed by atoms with Gasteiger partial charge in [0.25, 0.3) is 0 Å². The first kappa shape index (κ1) is 15.0. The minimum atomic E-state index is -0.464. The zero-order chi connectivity index (χ0) is 15.0. The minimum absolute atomic E-state index is 0.0480. The lowest BCUT2D eigenvalue weighted by Gasteiger charge is -2.38. The molecule has 1 aliphatic heterocycles. The Labute approximate surface area is 127 Å². The summed E-state index contributed by atoms with van der Waals surface area (Å²) in [6.07, 6.45) is 0. The maximum Gasteiger partial charge on any atom is 0.247 e. The second-order valence-electron chi connectivity index (χ2n) is 5.58. The molecule has 0 aromatic heterocycles. The summed E-state index contributed by atoms with van der Waals surface area (Å²) in [6.45, 7) is 7.93. The molecule has 1 fully saturated rings. The number of aryl methyl sites for hydroxylation is 2.